The van der Waals surface area contributed by atoms with E-state index in [1.165, 1.54) is 52.3 Å². The maximum absolute atomic E-state index is 13.3. The number of rotatable bonds is 2. The zero-order valence-electron chi connectivity index (χ0n) is 12.5. The van der Waals surface area contributed by atoms with E-state index in [-0.39, 0.29) is 11.3 Å². The van der Waals surface area contributed by atoms with Crippen molar-refractivity contribution in [1.82, 2.24) is 9.38 Å². The van der Waals surface area contributed by atoms with Gasteiger partial charge in [-0.2, -0.15) is 0 Å². The SMILES string of the molecule is O=C(Nc1cnc2sc3cc(F)ccc3n2c1=O)c1ccc(F)cc1. The van der Waals surface area contributed by atoms with Crippen molar-refractivity contribution < 1.29 is 13.6 Å². The largest absolute Gasteiger partial charge is 0.316 e. The van der Waals surface area contributed by atoms with E-state index in [9.17, 15) is 18.4 Å². The second-order valence-corrected chi connectivity index (χ2v) is 6.28. The van der Waals surface area contributed by atoms with E-state index in [0.717, 1.165) is 12.1 Å². The van der Waals surface area contributed by atoms with E-state index in [4.69, 9.17) is 0 Å². The van der Waals surface area contributed by atoms with Gasteiger partial charge in [-0.15, -0.1) is 0 Å². The summed E-state index contributed by atoms with van der Waals surface area (Å²) in [5.41, 5.74) is 0.231. The fourth-order valence-electron chi connectivity index (χ4n) is 2.46. The van der Waals surface area contributed by atoms with Crippen molar-refractivity contribution in [2.24, 2.45) is 0 Å². The van der Waals surface area contributed by atoms with Crippen molar-refractivity contribution in [2.45, 2.75) is 0 Å². The topological polar surface area (TPSA) is 63.5 Å². The van der Waals surface area contributed by atoms with E-state index >= 15 is 0 Å². The molecule has 5 nitrogen and oxygen atoms in total. The van der Waals surface area contributed by atoms with Gasteiger partial charge in [0.2, 0.25) is 0 Å². The minimum atomic E-state index is -0.551. The van der Waals surface area contributed by atoms with Crippen LogP contribution >= 0.6 is 11.3 Å². The number of fused-ring (bicyclic) bond motifs is 3. The predicted molar refractivity (Wildman–Crippen MR) is 91.2 cm³/mol. The van der Waals surface area contributed by atoms with E-state index < -0.39 is 23.1 Å². The Kier molecular flexibility index (Phi) is 3.54. The fraction of sp³-hybridized carbons (Fsp3) is 0. The highest BCUT2D eigenvalue weighted by Crippen LogP contribution is 2.25. The molecule has 2 aromatic heterocycles. The van der Waals surface area contributed by atoms with Gasteiger partial charge in [-0.25, -0.2) is 18.2 Å². The smallest absolute Gasteiger partial charge is 0.282 e. The summed E-state index contributed by atoms with van der Waals surface area (Å²) in [5.74, 6) is -1.42. The first-order valence-corrected chi connectivity index (χ1v) is 8.01. The van der Waals surface area contributed by atoms with Gasteiger partial charge in [0.15, 0.2) is 4.96 Å². The highest BCUT2D eigenvalue weighted by molar-refractivity contribution is 7.23. The summed E-state index contributed by atoms with van der Waals surface area (Å²) in [7, 11) is 0. The monoisotopic (exact) mass is 357 g/mol. The summed E-state index contributed by atoms with van der Waals surface area (Å²) in [6.07, 6.45) is 1.25. The number of nitrogens with one attached hydrogen (secondary N) is 1. The van der Waals surface area contributed by atoms with Crippen molar-refractivity contribution in [3.63, 3.8) is 0 Å². The molecule has 0 aliphatic carbocycles. The lowest BCUT2D eigenvalue weighted by Gasteiger charge is -2.05. The maximum atomic E-state index is 13.3. The molecule has 0 spiro atoms. The second kappa shape index (κ2) is 5.75. The van der Waals surface area contributed by atoms with Gasteiger partial charge in [-0.05, 0) is 42.5 Å². The number of hydrogen-bond acceptors (Lipinski definition) is 4. The number of carbonyl (C=O) groups excluding carboxylic acids is 1. The standard InChI is InChI=1S/C17H9F2N3O2S/c18-10-3-1-9(2-4-10)15(23)21-12-8-20-17-22(16(12)24)13-6-5-11(19)7-14(13)25-17/h1-8H,(H,21,23). The molecule has 0 atom stereocenters. The number of halogens is 2. The number of aromatic nitrogens is 2. The molecule has 0 saturated carbocycles. The average Bonchev–Trinajstić information content (AvgIpc) is 2.96. The van der Waals surface area contributed by atoms with Crippen molar-refractivity contribution in [3.8, 4) is 0 Å². The van der Waals surface area contributed by atoms with Crippen molar-refractivity contribution in [3.05, 3.63) is 76.2 Å². The lowest BCUT2D eigenvalue weighted by Crippen LogP contribution is -2.22. The van der Waals surface area contributed by atoms with Crippen molar-refractivity contribution in [1.29, 1.82) is 0 Å². The number of carbonyl (C=O) groups is 1. The quantitative estimate of drug-likeness (QED) is 0.598. The molecule has 0 radical (unpaired) electrons. The third-order valence-corrected chi connectivity index (χ3v) is 4.66. The molecule has 1 N–H and O–H groups in total. The maximum Gasteiger partial charge on any atom is 0.282 e. The van der Waals surface area contributed by atoms with E-state index in [1.807, 2.05) is 0 Å². The molecular weight excluding hydrogens is 348 g/mol. The highest BCUT2D eigenvalue weighted by atomic mass is 32.1. The Balaban J connectivity index is 1.79. The van der Waals surface area contributed by atoms with Crippen LogP contribution in [0.3, 0.4) is 0 Å². The number of nitrogens with zero attached hydrogens (tertiary/aromatic N) is 2. The Morgan fingerprint density at radius 3 is 2.56 bits per heavy atom. The molecule has 2 heterocycles. The predicted octanol–water partition coefficient (Wildman–Crippen LogP) is 3.44. The van der Waals surface area contributed by atoms with Gasteiger partial charge in [-0.3, -0.25) is 9.59 Å². The molecule has 4 aromatic rings. The fourth-order valence-corrected chi connectivity index (χ4v) is 3.47. The molecular formula is C17H9F2N3O2S. The summed E-state index contributed by atoms with van der Waals surface area (Å²) < 4.78 is 28.2. The van der Waals surface area contributed by atoms with Gasteiger partial charge in [0.05, 0.1) is 16.4 Å². The van der Waals surface area contributed by atoms with Gasteiger partial charge in [0.25, 0.3) is 11.5 Å². The summed E-state index contributed by atoms with van der Waals surface area (Å²) in [6, 6.07) is 9.01. The molecule has 0 fully saturated rings. The van der Waals surface area contributed by atoms with E-state index in [2.05, 4.69) is 10.3 Å². The number of thiazole rings is 1. The second-order valence-electron chi connectivity index (χ2n) is 5.27. The van der Waals surface area contributed by atoms with Gasteiger partial charge in [0.1, 0.15) is 17.3 Å². The van der Waals surface area contributed by atoms with Gasteiger partial charge in [0, 0.05) is 5.56 Å². The molecule has 0 unspecified atom stereocenters. The van der Waals surface area contributed by atoms with Gasteiger partial charge >= 0.3 is 0 Å². The molecule has 0 bridgehead atoms. The zero-order valence-corrected chi connectivity index (χ0v) is 13.3. The van der Waals surface area contributed by atoms with Gasteiger partial charge in [-0.1, -0.05) is 11.3 Å². The summed E-state index contributed by atoms with van der Waals surface area (Å²) in [5, 5.41) is 2.48. The van der Waals surface area contributed by atoms with Crippen LogP contribution in [0.15, 0.2) is 53.5 Å². The zero-order chi connectivity index (χ0) is 17.6. The molecule has 0 saturated heterocycles. The van der Waals surface area contributed by atoms with Crippen molar-refractivity contribution >= 4 is 38.1 Å². The van der Waals surface area contributed by atoms with Gasteiger partial charge < -0.3 is 5.32 Å². The number of benzene rings is 2. The molecule has 124 valence electrons. The first kappa shape index (κ1) is 15.4. The summed E-state index contributed by atoms with van der Waals surface area (Å²) in [6.45, 7) is 0. The lowest BCUT2D eigenvalue weighted by molar-refractivity contribution is 0.102. The minimum absolute atomic E-state index is 0.0177. The van der Waals surface area contributed by atoms with Crippen LogP contribution in [0.4, 0.5) is 14.5 Å². The average molecular weight is 357 g/mol. The van der Waals surface area contributed by atoms with Crippen LogP contribution in [0.25, 0.3) is 15.2 Å². The molecule has 0 aliphatic heterocycles. The third-order valence-electron chi connectivity index (χ3n) is 3.65. The minimum Gasteiger partial charge on any atom is -0.316 e. The van der Waals surface area contributed by atoms with Crippen LogP contribution in [0.1, 0.15) is 10.4 Å². The number of hydrogen-bond donors (Lipinski definition) is 1. The Labute approximate surface area is 143 Å². The van der Waals surface area contributed by atoms with Crippen LogP contribution in [0.5, 0.6) is 0 Å². The Morgan fingerprint density at radius 2 is 1.80 bits per heavy atom. The summed E-state index contributed by atoms with van der Waals surface area (Å²) in [4.78, 5) is 29.4. The Bertz CT molecular complexity index is 1180. The third kappa shape index (κ3) is 2.66. The normalized spacial score (nSPS) is 11.1. The molecule has 1 amide bonds. The van der Waals surface area contributed by atoms with E-state index in [0.29, 0.717) is 15.2 Å². The Hall–Kier alpha value is -3.13. The molecule has 0 aliphatic rings. The molecule has 8 heteroatoms. The highest BCUT2D eigenvalue weighted by Gasteiger charge is 2.14. The number of amides is 1. The summed E-state index contributed by atoms with van der Waals surface area (Å²) >= 11 is 1.17. The van der Waals surface area contributed by atoms with E-state index in [1.54, 1.807) is 0 Å². The number of anilines is 1. The molecule has 2 aromatic carbocycles. The first-order valence-electron chi connectivity index (χ1n) is 7.20. The van der Waals surface area contributed by atoms with Crippen LogP contribution in [0.2, 0.25) is 0 Å². The lowest BCUT2D eigenvalue weighted by atomic mass is 10.2. The van der Waals surface area contributed by atoms with Crippen LogP contribution < -0.4 is 10.9 Å². The molecule has 4 rings (SSSR count). The molecule has 25 heavy (non-hydrogen) atoms. The van der Waals surface area contributed by atoms with Crippen LogP contribution in [0, 0.1) is 11.6 Å². The van der Waals surface area contributed by atoms with Crippen molar-refractivity contribution in [2.75, 3.05) is 5.32 Å². The van der Waals surface area contributed by atoms with Crippen LogP contribution in [-0.2, 0) is 0 Å². The first-order chi connectivity index (χ1) is 12.0. The van der Waals surface area contributed by atoms with Crippen LogP contribution in [-0.4, -0.2) is 15.3 Å². The Morgan fingerprint density at radius 1 is 1.08 bits per heavy atom.